The van der Waals surface area contributed by atoms with Gasteiger partial charge in [-0.2, -0.15) is 10.2 Å². The van der Waals surface area contributed by atoms with Gasteiger partial charge in [0.2, 0.25) is 0 Å². The third kappa shape index (κ3) is 3.77. The van der Waals surface area contributed by atoms with Gasteiger partial charge in [0.1, 0.15) is 11.3 Å². The van der Waals surface area contributed by atoms with Crippen LogP contribution in [0.15, 0.2) is 23.3 Å². The summed E-state index contributed by atoms with van der Waals surface area (Å²) in [4.78, 5) is 23.6. The molecule has 0 unspecified atom stereocenters. The van der Waals surface area contributed by atoms with Crippen molar-refractivity contribution >= 4 is 18.1 Å². The lowest BCUT2D eigenvalue weighted by atomic mass is 10.1. The molecule has 2 aromatic rings. The maximum absolute atomic E-state index is 12.1. The minimum atomic E-state index is -1.20. The molecule has 1 heterocycles. The summed E-state index contributed by atoms with van der Waals surface area (Å²) in [7, 11) is 4.40. The van der Waals surface area contributed by atoms with Crippen molar-refractivity contribution in [1.82, 2.24) is 15.2 Å². The Morgan fingerprint density at radius 1 is 1.32 bits per heavy atom. The maximum atomic E-state index is 12.1. The fourth-order valence-corrected chi connectivity index (χ4v) is 2.31. The Kier molecular flexibility index (Phi) is 5.38. The quantitative estimate of drug-likeness (QED) is 0.600. The van der Waals surface area contributed by atoms with Crippen LogP contribution in [-0.2, 0) is 7.05 Å². The second-order valence-electron chi connectivity index (χ2n) is 5.06. The average molecular weight is 346 g/mol. The van der Waals surface area contributed by atoms with Crippen LogP contribution in [0.2, 0.25) is 0 Å². The van der Waals surface area contributed by atoms with Gasteiger partial charge in [-0.3, -0.25) is 9.48 Å². The molecule has 0 aliphatic heterocycles. The number of aromatic nitrogens is 2. The third-order valence-electron chi connectivity index (χ3n) is 3.40. The molecule has 0 saturated heterocycles. The summed E-state index contributed by atoms with van der Waals surface area (Å²) in [5.41, 5.74) is 3.51. The molecule has 0 spiro atoms. The molecule has 1 amide bonds. The zero-order chi connectivity index (χ0) is 18.6. The van der Waals surface area contributed by atoms with Gasteiger partial charge in [-0.15, -0.1) is 0 Å². The molecule has 2 rings (SSSR count). The van der Waals surface area contributed by atoms with Gasteiger partial charge in [-0.25, -0.2) is 10.2 Å². The van der Waals surface area contributed by atoms with Crippen molar-refractivity contribution in [2.75, 3.05) is 14.2 Å². The molecule has 2 N–H and O–H groups in total. The normalized spacial score (nSPS) is 10.7. The minimum absolute atomic E-state index is 0.0764. The maximum Gasteiger partial charge on any atom is 0.340 e. The number of aromatic carboxylic acids is 1. The largest absolute Gasteiger partial charge is 0.493 e. The molecule has 1 aromatic carbocycles. The number of ether oxygens (including phenoxy) is 2. The van der Waals surface area contributed by atoms with E-state index in [1.165, 1.54) is 31.2 Å². The van der Waals surface area contributed by atoms with Crippen LogP contribution in [0, 0.1) is 6.92 Å². The predicted octanol–water partition coefficient (Wildman–Crippen LogP) is 1.21. The van der Waals surface area contributed by atoms with Crippen molar-refractivity contribution < 1.29 is 24.2 Å². The summed E-state index contributed by atoms with van der Waals surface area (Å²) in [6, 6.07) is 4.68. The summed E-state index contributed by atoms with van der Waals surface area (Å²) >= 11 is 0. The van der Waals surface area contributed by atoms with Gasteiger partial charge in [0.05, 0.1) is 26.1 Å². The highest BCUT2D eigenvalue weighted by atomic mass is 16.5. The molecule has 132 valence electrons. The molecule has 0 atom stereocenters. The Morgan fingerprint density at radius 2 is 2.04 bits per heavy atom. The first kappa shape index (κ1) is 18.0. The van der Waals surface area contributed by atoms with Gasteiger partial charge >= 0.3 is 5.97 Å². The number of amides is 1. The SMILES string of the molecule is COc1ccc(/C=N\NC(=O)c2cc(C)nn2C)c(C(=O)O)c1OC. The standard InChI is InChI=1S/C16H18N4O5/c1-9-7-11(20(2)19-9)15(21)18-17-8-10-5-6-12(24-3)14(25-4)13(10)16(22)23/h5-8H,1-4H3,(H,18,21)(H,22,23)/b17-8-. The van der Waals surface area contributed by atoms with Crippen molar-refractivity contribution in [3.8, 4) is 11.5 Å². The van der Waals surface area contributed by atoms with Crippen LogP contribution in [0.3, 0.4) is 0 Å². The van der Waals surface area contributed by atoms with Gasteiger partial charge in [-0.1, -0.05) is 0 Å². The number of carbonyl (C=O) groups is 2. The van der Waals surface area contributed by atoms with Crippen LogP contribution in [0.5, 0.6) is 11.5 Å². The lowest BCUT2D eigenvalue weighted by Gasteiger charge is -2.12. The molecule has 0 radical (unpaired) electrons. The number of aryl methyl sites for hydroxylation is 2. The van der Waals surface area contributed by atoms with E-state index in [0.717, 1.165) is 0 Å². The van der Waals surface area contributed by atoms with Crippen molar-refractivity contribution in [3.63, 3.8) is 0 Å². The molecule has 1 aromatic heterocycles. The van der Waals surface area contributed by atoms with Crippen LogP contribution >= 0.6 is 0 Å². The lowest BCUT2D eigenvalue weighted by Crippen LogP contribution is -2.21. The molecular weight excluding hydrogens is 328 g/mol. The number of benzene rings is 1. The van der Waals surface area contributed by atoms with Crippen LogP contribution in [0.4, 0.5) is 0 Å². The number of nitrogens with zero attached hydrogens (tertiary/aromatic N) is 3. The first-order valence-electron chi connectivity index (χ1n) is 7.21. The van der Waals surface area contributed by atoms with Crippen LogP contribution in [-0.4, -0.2) is 47.2 Å². The Hall–Kier alpha value is -3.36. The number of hydrazone groups is 1. The summed E-state index contributed by atoms with van der Waals surface area (Å²) < 4.78 is 11.6. The van der Waals surface area contributed by atoms with Crippen LogP contribution in [0.1, 0.15) is 32.1 Å². The number of rotatable bonds is 6. The van der Waals surface area contributed by atoms with Gasteiger partial charge in [0, 0.05) is 12.6 Å². The second-order valence-corrected chi connectivity index (χ2v) is 5.06. The Balaban J connectivity index is 2.27. The van der Waals surface area contributed by atoms with E-state index in [9.17, 15) is 14.7 Å². The Morgan fingerprint density at radius 3 is 2.56 bits per heavy atom. The van der Waals surface area contributed by atoms with Crippen LogP contribution in [0.25, 0.3) is 0 Å². The molecule has 9 nitrogen and oxygen atoms in total. The fourth-order valence-electron chi connectivity index (χ4n) is 2.31. The first-order chi connectivity index (χ1) is 11.9. The Labute approximate surface area is 143 Å². The van der Waals surface area contributed by atoms with Crippen molar-refractivity contribution in [2.45, 2.75) is 6.92 Å². The highest BCUT2D eigenvalue weighted by molar-refractivity contribution is 6.02. The molecule has 0 bridgehead atoms. The van der Waals surface area contributed by atoms with Gasteiger partial charge < -0.3 is 14.6 Å². The number of hydrogen-bond acceptors (Lipinski definition) is 6. The number of nitrogens with one attached hydrogen (secondary N) is 1. The number of carboxylic acid groups (broad SMARTS) is 1. The molecule has 9 heteroatoms. The molecule has 0 aliphatic rings. The first-order valence-corrected chi connectivity index (χ1v) is 7.21. The van der Waals surface area contributed by atoms with Gasteiger partial charge in [0.25, 0.3) is 5.91 Å². The van der Waals surface area contributed by atoms with E-state index in [1.54, 1.807) is 26.1 Å². The summed E-state index contributed by atoms with van der Waals surface area (Å²) in [6.07, 6.45) is 1.23. The lowest BCUT2D eigenvalue weighted by molar-refractivity contribution is 0.0692. The summed E-state index contributed by atoms with van der Waals surface area (Å²) in [6.45, 7) is 1.77. The monoisotopic (exact) mass is 346 g/mol. The summed E-state index contributed by atoms with van der Waals surface area (Å²) in [5.74, 6) is -1.30. The zero-order valence-electron chi connectivity index (χ0n) is 14.2. The van der Waals surface area contributed by atoms with Crippen molar-refractivity contribution in [2.24, 2.45) is 12.1 Å². The number of carbonyl (C=O) groups excluding carboxylic acids is 1. The second kappa shape index (κ2) is 7.47. The highest BCUT2D eigenvalue weighted by Gasteiger charge is 2.20. The fraction of sp³-hybridized carbons (Fsp3) is 0.250. The van der Waals surface area contributed by atoms with E-state index >= 15 is 0 Å². The topological polar surface area (TPSA) is 115 Å². The van der Waals surface area contributed by atoms with Gasteiger partial charge in [-0.05, 0) is 25.1 Å². The predicted molar refractivity (Wildman–Crippen MR) is 89.5 cm³/mol. The number of carboxylic acids is 1. The van der Waals surface area contributed by atoms with E-state index in [1.807, 2.05) is 0 Å². The number of hydrogen-bond donors (Lipinski definition) is 2. The molecule has 0 fully saturated rings. The van der Waals surface area contributed by atoms with E-state index in [0.29, 0.717) is 11.4 Å². The highest BCUT2D eigenvalue weighted by Crippen LogP contribution is 2.32. The molecule has 25 heavy (non-hydrogen) atoms. The number of methoxy groups -OCH3 is 2. The van der Waals surface area contributed by atoms with Crippen molar-refractivity contribution in [3.05, 3.63) is 40.7 Å². The minimum Gasteiger partial charge on any atom is -0.493 e. The molecule has 0 aliphatic carbocycles. The van der Waals surface area contributed by atoms with E-state index in [-0.39, 0.29) is 22.6 Å². The smallest absolute Gasteiger partial charge is 0.340 e. The van der Waals surface area contributed by atoms with Crippen LogP contribution < -0.4 is 14.9 Å². The Bertz CT molecular complexity index is 841. The third-order valence-corrected chi connectivity index (χ3v) is 3.40. The summed E-state index contributed by atoms with van der Waals surface area (Å²) in [5, 5.41) is 17.3. The van der Waals surface area contributed by atoms with Crippen molar-refractivity contribution in [1.29, 1.82) is 0 Å². The van der Waals surface area contributed by atoms with Gasteiger partial charge in [0.15, 0.2) is 11.5 Å². The van der Waals surface area contributed by atoms with E-state index in [4.69, 9.17) is 9.47 Å². The van der Waals surface area contributed by atoms with E-state index in [2.05, 4.69) is 15.6 Å². The average Bonchev–Trinajstić information content (AvgIpc) is 2.92. The van der Waals surface area contributed by atoms with E-state index < -0.39 is 11.9 Å². The molecular formula is C16H18N4O5. The molecule has 0 saturated carbocycles. The zero-order valence-corrected chi connectivity index (χ0v) is 14.2.